The van der Waals surface area contributed by atoms with E-state index < -0.39 is 0 Å². The lowest BCUT2D eigenvalue weighted by Gasteiger charge is -2.12. The highest BCUT2D eigenvalue weighted by molar-refractivity contribution is 9.10. The first-order valence-electron chi connectivity index (χ1n) is 6.51. The monoisotopic (exact) mass is 369 g/mol. The molecule has 0 fully saturated rings. The SMILES string of the molecule is COc1ccc(Br)c(COc2ccc(C(C)N)cc2Cl)c1. The molecule has 0 bridgehead atoms. The molecule has 0 aromatic heterocycles. The van der Waals surface area contributed by atoms with E-state index in [1.807, 2.05) is 43.3 Å². The van der Waals surface area contributed by atoms with E-state index in [2.05, 4.69) is 15.9 Å². The fourth-order valence-electron chi connectivity index (χ4n) is 1.86. The third-order valence-corrected chi connectivity index (χ3v) is 4.19. The van der Waals surface area contributed by atoms with Crippen LogP contribution in [0.2, 0.25) is 5.02 Å². The van der Waals surface area contributed by atoms with E-state index in [0.29, 0.717) is 17.4 Å². The zero-order valence-electron chi connectivity index (χ0n) is 11.9. The van der Waals surface area contributed by atoms with Gasteiger partial charge in [0.05, 0.1) is 12.1 Å². The van der Waals surface area contributed by atoms with E-state index in [1.165, 1.54) is 0 Å². The van der Waals surface area contributed by atoms with Gasteiger partial charge in [-0.05, 0) is 42.8 Å². The third kappa shape index (κ3) is 4.13. The van der Waals surface area contributed by atoms with Gasteiger partial charge < -0.3 is 15.2 Å². The van der Waals surface area contributed by atoms with Crippen LogP contribution in [-0.4, -0.2) is 7.11 Å². The first-order chi connectivity index (χ1) is 10.0. The summed E-state index contributed by atoms with van der Waals surface area (Å²) < 4.78 is 12.0. The van der Waals surface area contributed by atoms with Crippen LogP contribution in [0.3, 0.4) is 0 Å². The molecule has 3 nitrogen and oxygen atoms in total. The second-order valence-electron chi connectivity index (χ2n) is 4.72. The van der Waals surface area contributed by atoms with Crippen molar-refractivity contribution in [1.29, 1.82) is 0 Å². The van der Waals surface area contributed by atoms with Gasteiger partial charge in [0.2, 0.25) is 0 Å². The molecule has 1 unspecified atom stereocenters. The van der Waals surface area contributed by atoms with Crippen LogP contribution in [-0.2, 0) is 6.61 Å². The second kappa shape index (κ2) is 7.16. The first-order valence-corrected chi connectivity index (χ1v) is 7.68. The standard InChI is InChI=1S/C16H17BrClNO2/c1-10(19)11-3-6-16(15(18)8-11)21-9-12-7-13(20-2)4-5-14(12)17/h3-8,10H,9,19H2,1-2H3. The Morgan fingerprint density at radius 3 is 2.62 bits per heavy atom. The minimum Gasteiger partial charge on any atom is -0.497 e. The number of ether oxygens (including phenoxy) is 2. The molecule has 112 valence electrons. The maximum atomic E-state index is 6.22. The Morgan fingerprint density at radius 1 is 1.24 bits per heavy atom. The van der Waals surface area contributed by atoms with Gasteiger partial charge in [0.1, 0.15) is 18.1 Å². The van der Waals surface area contributed by atoms with Crippen LogP contribution in [0.25, 0.3) is 0 Å². The topological polar surface area (TPSA) is 44.5 Å². The number of nitrogens with two attached hydrogens (primary N) is 1. The van der Waals surface area contributed by atoms with Crippen LogP contribution < -0.4 is 15.2 Å². The van der Waals surface area contributed by atoms with Gasteiger partial charge >= 0.3 is 0 Å². The number of methoxy groups -OCH3 is 1. The van der Waals surface area contributed by atoms with E-state index in [1.54, 1.807) is 7.11 Å². The second-order valence-corrected chi connectivity index (χ2v) is 5.99. The largest absolute Gasteiger partial charge is 0.497 e. The summed E-state index contributed by atoms with van der Waals surface area (Å²) in [7, 11) is 1.64. The minimum atomic E-state index is -0.0518. The van der Waals surface area contributed by atoms with Gasteiger partial charge in [-0.2, -0.15) is 0 Å². The van der Waals surface area contributed by atoms with E-state index >= 15 is 0 Å². The van der Waals surface area contributed by atoms with Crippen LogP contribution in [0, 0.1) is 0 Å². The molecular formula is C16H17BrClNO2. The van der Waals surface area contributed by atoms with Crippen LogP contribution >= 0.6 is 27.5 Å². The Morgan fingerprint density at radius 2 is 2.00 bits per heavy atom. The summed E-state index contributed by atoms with van der Waals surface area (Å²) in [5.74, 6) is 1.42. The Kier molecular flexibility index (Phi) is 5.51. The molecule has 0 aliphatic carbocycles. The highest BCUT2D eigenvalue weighted by Gasteiger charge is 2.08. The summed E-state index contributed by atoms with van der Waals surface area (Å²) in [4.78, 5) is 0. The first kappa shape index (κ1) is 16.1. The fourth-order valence-corrected chi connectivity index (χ4v) is 2.47. The smallest absolute Gasteiger partial charge is 0.138 e. The van der Waals surface area contributed by atoms with E-state index in [9.17, 15) is 0 Å². The Balaban J connectivity index is 2.13. The maximum absolute atomic E-state index is 6.22. The molecule has 0 saturated heterocycles. The number of rotatable bonds is 5. The fraction of sp³-hybridized carbons (Fsp3) is 0.250. The lowest BCUT2D eigenvalue weighted by Crippen LogP contribution is -2.05. The molecule has 2 N–H and O–H groups in total. The highest BCUT2D eigenvalue weighted by Crippen LogP contribution is 2.29. The number of halogens is 2. The van der Waals surface area contributed by atoms with Crippen molar-refractivity contribution in [1.82, 2.24) is 0 Å². The molecule has 0 aliphatic heterocycles. The molecule has 2 aromatic carbocycles. The molecule has 0 saturated carbocycles. The summed E-state index contributed by atoms with van der Waals surface area (Å²) in [6.45, 7) is 2.31. The van der Waals surface area contributed by atoms with Crippen molar-refractivity contribution in [2.45, 2.75) is 19.6 Å². The zero-order valence-corrected chi connectivity index (χ0v) is 14.2. The van der Waals surface area contributed by atoms with Gasteiger partial charge in [-0.15, -0.1) is 0 Å². The van der Waals surface area contributed by atoms with Crippen molar-refractivity contribution in [2.75, 3.05) is 7.11 Å². The molecule has 5 heteroatoms. The molecular weight excluding hydrogens is 354 g/mol. The van der Waals surface area contributed by atoms with Crippen LogP contribution in [0.5, 0.6) is 11.5 Å². The average molecular weight is 371 g/mol. The van der Waals surface area contributed by atoms with Crippen molar-refractivity contribution in [3.63, 3.8) is 0 Å². The van der Waals surface area contributed by atoms with Crippen molar-refractivity contribution in [3.05, 3.63) is 57.0 Å². The Bertz CT molecular complexity index is 632. The van der Waals surface area contributed by atoms with E-state index in [-0.39, 0.29) is 6.04 Å². The molecule has 1 atom stereocenters. The molecule has 21 heavy (non-hydrogen) atoms. The molecule has 0 radical (unpaired) electrons. The minimum absolute atomic E-state index is 0.0518. The number of hydrogen-bond donors (Lipinski definition) is 1. The number of hydrogen-bond acceptors (Lipinski definition) is 3. The van der Waals surface area contributed by atoms with Gasteiger partial charge in [-0.1, -0.05) is 33.6 Å². The summed E-state index contributed by atoms with van der Waals surface area (Å²) in [5.41, 5.74) is 7.80. The lowest BCUT2D eigenvalue weighted by molar-refractivity contribution is 0.304. The van der Waals surface area contributed by atoms with Crippen LogP contribution in [0.4, 0.5) is 0 Å². The van der Waals surface area contributed by atoms with E-state index in [0.717, 1.165) is 21.3 Å². The summed E-state index contributed by atoms with van der Waals surface area (Å²) >= 11 is 9.72. The van der Waals surface area contributed by atoms with Gasteiger partial charge in [-0.25, -0.2) is 0 Å². The average Bonchev–Trinajstić information content (AvgIpc) is 2.47. The van der Waals surface area contributed by atoms with Gasteiger partial charge in [0.15, 0.2) is 0 Å². The lowest BCUT2D eigenvalue weighted by atomic mass is 10.1. The van der Waals surface area contributed by atoms with Crippen molar-refractivity contribution >= 4 is 27.5 Å². The summed E-state index contributed by atoms with van der Waals surface area (Å²) in [6.07, 6.45) is 0. The van der Waals surface area contributed by atoms with Gasteiger partial charge in [-0.3, -0.25) is 0 Å². The third-order valence-electron chi connectivity index (χ3n) is 3.12. The summed E-state index contributed by atoms with van der Waals surface area (Å²) in [6, 6.07) is 11.3. The van der Waals surface area contributed by atoms with Crippen molar-refractivity contribution in [3.8, 4) is 11.5 Å². The normalized spacial score (nSPS) is 12.0. The van der Waals surface area contributed by atoms with Crippen LogP contribution in [0.1, 0.15) is 24.1 Å². The van der Waals surface area contributed by atoms with Crippen LogP contribution in [0.15, 0.2) is 40.9 Å². The predicted octanol–water partition coefficient (Wildman–Crippen LogP) is 4.71. The predicted molar refractivity (Wildman–Crippen MR) is 89.1 cm³/mol. The number of benzene rings is 2. The Hall–Kier alpha value is -1.23. The Labute approximate surface area is 138 Å². The highest BCUT2D eigenvalue weighted by atomic mass is 79.9. The van der Waals surface area contributed by atoms with Gasteiger partial charge in [0.25, 0.3) is 0 Å². The molecule has 0 aliphatic rings. The van der Waals surface area contributed by atoms with Gasteiger partial charge in [0, 0.05) is 16.1 Å². The quantitative estimate of drug-likeness (QED) is 0.829. The molecule has 2 aromatic rings. The maximum Gasteiger partial charge on any atom is 0.138 e. The molecule has 0 spiro atoms. The molecule has 0 heterocycles. The van der Waals surface area contributed by atoms with E-state index in [4.69, 9.17) is 26.8 Å². The molecule has 2 rings (SSSR count). The summed E-state index contributed by atoms with van der Waals surface area (Å²) in [5, 5.41) is 0.559. The van der Waals surface area contributed by atoms with Crippen molar-refractivity contribution in [2.24, 2.45) is 5.73 Å². The molecule has 0 amide bonds. The van der Waals surface area contributed by atoms with Crippen molar-refractivity contribution < 1.29 is 9.47 Å². The zero-order chi connectivity index (χ0) is 15.4.